The maximum absolute atomic E-state index is 11.9. The lowest BCUT2D eigenvalue weighted by molar-refractivity contribution is -0.149. The Bertz CT molecular complexity index is 432. The number of ether oxygens (including phenoxy) is 1. The van der Waals surface area contributed by atoms with Gasteiger partial charge in [-0.05, 0) is 50.8 Å². The number of hydrogen-bond donors (Lipinski definition) is 0. The monoisotopic (exact) mass is 289 g/mol. The van der Waals surface area contributed by atoms with E-state index in [1.165, 1.54) is 5.56 Å². The zero-order chi connectivity index (χ0) is 15.1. The molecule has 3 heteroatoms. The fraction of sp³-hybridized carbons (Fsp3) is 0.611. The minimum Gasteiger partial charge on any atom is -0.466 e. The Kier molecular flexibility index (Phi) is 6.24. The quantitative estimate of drug-likeness (QED) is 0.751. The molecule has 0 aromatic heterocycles. The SMILES string of the molecule is CCOC(=O)C1CCCN(CCC(C)c2ccccc2)C1. The molecule has 2 atom stereocenters. The van der Waals surface area contributed by atoms with E-state index in [0.717, 1.165) is 38.9 Å². The summed E-state index contributed by atoms with van der Waals surface area (Å²) < 4.78 is 5.16. The lowest BCUT2D eigenvalue weighted by Crippen LogP contribution is -2.40. The van der Waals surface area contributed by atoms with Crippen LogP contribution in [0.5, 0.6) is 0 Å². The summed E-state index contributed by atoms with van der Waals surface area (Å²) in [6, 6.07) is 10.7. The van der Waals surface area contributed by atoms with Gasteiger partial charge in [0.1, 0.15) is 0 Å². The summed E-state index contributed by atoms with van der Waals surface area (Å²) in [5.74, 6) is 0.623. The number of piperidine rings is 1. The molecule has 1 aromatic carbocycles. The molecule has 0 saturated carbocycles. The molecule has 1 aromatic rings. The van der Waals surface area contributed by atoms with Gasteiger partial charge in [-0.15, -0.1) is 0 Å². The van der Waals surface area contributed by atoms with Crippen LogP contribution in [0.1, 0.15) is 44.6 Å². The van der Waals surface area contributed by atoms with Crippen molar-refractivity contribution in [3.8, 4) is 0 Å². The van der Waals surface area contributed by atoms with E-state index in [1.807, 2.05) is 6.92 Å². The number of carbonyl (C=O) groups is 1. The van der Waals surface area contributed by atoms with Crippen molar-refractivity contribution in [3.05, 3.63) is 35.9 Å². The Labute approximate surface area is 128 Å². The second kappa shape index (κ2) is 8.18. The van der Waals surface area contributed by atoms with Gasteiger partial charge in [-0.25, -0.2) is 0 Å². The smallest absolute Gasteiger partial charge is 0.310 e. The highest BCUT2D eigenvalue weighted by Gasteiger charge is 2.26. The van der Waals surface area contributed by atoms with Gasteiger partial charge in [-0.3, -0.25) is 4.79 Å². The molecule has 0 aliphatic carbocycles. The Morgan fingerprint density at radius 3 is 2.86 bits per heavy atom. The molecule has 3 nitrogen and oxygen atoms in total. The molecule has 1 fully saturated rings. The van der Waals surface area contributed by atoms with Gasteiger partial charge in [0, 0.05) is 6.54 Å². The molecule has 116 valence electrons. The highest BCUT2D eigenvalue weighted by molar-refractivity contribution is 5.72. The van der Waals surface area contributed by atoms with Gasteiger partial charge in [0.25, 0.3) is 0 Å². The summed E-state index contributed by atoms with van der Waals surface area (Å²) in [6.07, 6.45) is 3.21. The molecule has 2 rings (SSSR count). The minimum atomic E-state index is -0.0155. The highest BCUT2D eigenvalue weighted by atomic mass is 16.5. The summed E-state index contributed by atoms with van der Waals surface area (Å²) >= 11 is 0. The normalized spacial score (nSPS) is 21.0. The Morgan fingerprint density at radius 1 is 1.38 bits per heavy atom. The average molecular weight is 289 g/mol. The summed E-state index contributed by atoms with van der Waals surface area (Å²) in [7, 11) is 0. The zero-order valence-corrected chi connectivity index (χ0v) is 13.3. The molecular weight excluding hydrogens is 262 g/mol. The molecule has 21 heavy (non-hydrogen) atoms. The van der Waals surface area contributed by atoms with Crippen molar-refractivity contribution < 1.29 is 9.53 Å². The topological polar surface area (TPSA) is 29.5 Å². The molecule has 1 aliphatic rings. The van der Waals surface area contributed by atoms with Crippen molar-refractivity contribution >= 4 is 5.97 Å². The number of rotatable bonds is 6. The van der Waals surface area contributed by atoms with Crippen molar-refractivity contribution in [3.63, 3.8) is 0 Å². The Hall–Kier alpha value is -1.35. The van der Waals surface area contributed by atoms with Crippen LogP contribution in [0.15, 0.2) is 30.3 Å². The van der Waals surface area contributed by atoms with Crippen LogP contribution in [0.25, 0.3) is 0 Å². The van der Waals surface area contributed by atoms with Crippen LogP contribution in [0.3, 0.4) is 0 Å². The van der Waals surface area contributed by atoms with Crippen molar-refractivity contribution in [1.82, 2.24) is 4.90 Å². The van der Waals surface area contributed by atoms with Crippen molar-refractivity contribution in [2.24, 2.45) is 5.92 Å². The van der Waals surface area contributed by atoms with E-state index in [4.69, 9.17) is 4.74 Å². The third kappa shape index (κ3) is 4.85. The van der Waals surface area contributed by atoms with Crippen LogP contribution in [0, 0.1) is 5.92 Å². The Morgan fingerprint density at radius 2 is 2.14 bits per heavy atom. The Balaban J connectivity index is 1.79. The number of esters is 1. The van der Waals surface area contributed by atoms with Crippen molar-refractivity contribution in [2.75, 3.05) is 26.2 Å². The first-order valence-corrected chi connectivity index (χ1v) is 8.14. The van der Waals surface area contributed by atoms with Gasteiger partial charge in [-0.2, -0.15) is 0 Å². The fourth-order valence-electron chi connectivity index (χ4n) is 3.04. The first-order chi connectivity index (χ1) is 10.2. The van der Waals surface area contributed by atoms with Crippen LogP contribution >= 0.6 is 0 Å². The van der Waals surface area contributed by atoms with Gasteiger partial charge in [0.2, 0.25) is 0 Å². The predicted octanol–water partition coefficient (Wildman–Crippen LogP) is 3.46. The molecular formula is C18H27NO2. The largest absolute Gasteiger partial charge is 0.466 e. The number of nitrogens with zero attached hydrogens (tertiary/aromatic N) is 1. The molecule has 0 bridgehead atoms. The molecule has 2 unspecified atom stereocenters. The van der Waals surface area contributed by atoms with Crippen LogP contribution < -0.4 is 0 Å². The first-order valence-electron chi connectivity index (χ1n) is 8.14. The number of hydrogen-bond acceptors (Lipinski definition) is 3. The molecule has 0 radical (unpaired) electrons. The van der Waals surface area contributed by atoms with E-state index >= 15 is 0 Å². The molecule has 1 saturated heterocycles. The summed E-state index contributed by atoms with van der Waals surface area (Å²) in [4.78, 5) is 14.3. The van der Waals surface area contributed by atoms with E-state index in [9.17, 15) is 4.79 Å². The summed E-state index contributed by atoms with van der Waals surface area (Å²) in [6.45, 7) is 7.67. The minimum absolute atomic E-state index is 0.0155. The zero-order valence-electron chi connectivity index (χ0n) is 13.3. The van der Waals surface area contributed by atoms with Crippen molar-refractivity contribution in [2.45, 2.75) is 39.0 Å². The van der Waals surface area contributed by atoms with E-state index in [1.54, 1.807) is 0 Å². The van der Waals surface area contributed by atoms with Crippen LogP contribution in [0.2, 0.25) is 0 Å². The molecule has 0 amide bonds. The van der Waals surface area contributed by atoms with Gasteiger partial charge in [0.15, 0.2) is 0 Å². The third-order valence-electron chi connectivity index (χ3n) is 4.37. The number of likely N-dealkylation sites (tertiary alicyclic amines) is 1. The maximum Gasteiger partial charge on any atom is 0.310 e. The van der Waals surface area contributed by atoms with Crippen molar-refractivity contribution in [1.29, 1.82) is 0 Å². The predicted molar refractivity (Wildman–Crippen MR) is 85.3 cm³/mol. The van der Waals surface area contributed by atoms with E-state index < -0.39 is 0 Å². The number of benzene rings is 1. The standard InChI is InChI=1S/C18H27NO2/c1-3-21-18(20)17-10-7-12-19(14-17)13-11-15(2)16-8-5-4-6-9-16/h4-6,8-9,15,17H,3,7,10-14H2,1-2H3. The molecule has 1 aliphatic heterocycles. The molecule has 0 spiro atoms. The van der Waals surface area contributed by atoms with E-state index in [0.29, 0.717) is 12.5 Å². The molecule has 1 heterocycles. The van der Waals surface area contributed by atoms with E-state index in [2.05, 4.69) is 42.2 Å². The second-order valence-corrected chi connectivity index (χ2v) is 5.99. The van der Waals surface area contributed by atoms with Crippen LogP contribution in [-0.2, 0) is 9.53 Å². The van der Waals surface area contributed by atoms with Gasteiger partial charge >= 0.3 is 5.97 Å². The fourth-order valence-corrected chi connectivity index (χ4v) is 3.04. The first kappa shape index (κ1) is 16.0. The van der Waals surface area contributed by atoms with Gasteiger partial charge < -0.3 is 9.64 Å². The highest BCUT2D eigenvalue weighted by Crippen LogP contribution is 2.22. The lowest BCUT2D eigenvalue weighted by Gasteiger charge is -2.32. The van der Waals surface area contributed by atoms with Gasteiger partial charge in [-0.1, -0.05) is 37.3 Å². The average Bonchev–Trinajstić information content (AvgIpc) is 2.54. The second-order valence-electron chi connectivity index (χ2n) is 5.99. The number of carbonyl (C=O) groups excluding carboxylic acids is 1. The summed E-state index contributed by atoms with van der Waals surface area (Å²) in [5, 5.41) is 0. The van der Waals surface area contributed by atoms with Gasteiger partial charge in [0.05, 0.1) is 12.5 Å². The summed E-state index contributed by atoms with van der Waals surface area (Å²) in [5.41, 5.74) is 1.40. The lowest BCUT2D eigenvalue weighted by atomic mass is 9.95. The van der Waals surface area contributed by atoms with Crippen LogP contribution in [0.4, 0.5) is 0 Å². The van der Waals surface area contributed by atoms with E-state index in [-0.39, 0.29) is 11.9 Å². The third-order valence-corrected chi connectivity index (χ3v) is 4.37. The molecule has 0 N–H and O–H groups in total. The maximum atomic E-state index is 11.9. The van der Waals surface area contributed by atoms with Crippen LogP contribution in [-0.4, -0.2) is 37.1 Å².